The van der Waals surface area contributed by atoms with E-state index in [0.717, 1.165) is 51.5 Å². The molecule has 0 aromatic heterocycles. The summed E-state index contributed by atoms with van der Waals surface area (Å²) in [7, 11) is 4.09. The molecule has 1 aromatic rings. The van der Waals surface area contributed by atoms with Crippen molar-refractivity contribution in [2.75, 3.05) is 20.7 Å². The topological polar surface area (TPSA) is 62.2 Å². The van der Waals surface area contributed by atoms with E-state index in [1.54, 1.807) is 0 Å². The first-order valence-electron chi connectivity index (χ1n) is 11.8. The minimum atomic E-state index is -0.798. The van der Waals surface area contributed by atoms with Crippen LogP contribution in [0.5, 0.6) is 11.5 Å². The van der Waals surface area contributed by atoms with E-state index in [0.29, 0.717) is 11.8 Å². The number of rotatable bonds is 4. The Bertz CT molecular complexity index is 915. The van der Waals surface area contributed by atoms with E-state index in [4.69, 9.17) is 9.47 Å². The number of hydrogen-bond acceptors (Lipinski definition) is 5. The van der Waals surface area contributed by atoms with Crippen LogP contribution in [0.25, 0.3) is 0 Å². The lowest BCUT2D eigenvalue weighted by atomic mass is 9.33. The van der Waals surface area contributed by atoms with Crippen LogP contribution in [-0.4, -0.2) is 59.2 Å². The number of phenols is 1. The molecule has 1 aromatic carbocycles. The van der Waals surface area contributed by atoms with Crippen LogP contribution in [0, 0.1) is 11.3 Å². The zero-order valence-corrected chi connectivity index (χ0v) is 18.7. The van der Waals surface area contributed by atoms with Gasteiger partial charge in [0.05, 0.1) is 5.60 Å². The number of methoxy groups -OCH3 is 1. The monoisotopic (exact) mass is 413 g/mol. The zero-order chi connectivity index (χ0) is 21.1. The molecule has 4 fully saturated rings. The second kappa shape index (κ2) is 5.73. The quantitative estimate of drug-likeness (QED) is 0.792. The first-order valence-corrected chi connectivity index (χ1v) is 11.8. The number of aliphatic hydroxyl groups is 1. The highest BCUT2D eigenvalue weighted by Gasteiger charge is 2.81. The number of phenolic OH excluding ortho intramolecular Hbond substituents is 1. The average molecular weight is 414 g/mol. The lowest BCUT2D eigenvalue weighted by Crippen LogP contribution is -2.82. The fraction of sp³-hybridized carbons (Fsp3) is 0.760. The number of piperidine rings is 1. The fourth-order valence-electron chi connectivity index (χ4n) is 9.09. The van der Waals surface area contributed by atoms with Gasteiger partial charge in [-0.15, -0.1) is 0 Å². The van der Waals surface area contributed by atoms with Crippen LogP contribution in [0.2, 0.25) is 0 Å². The molecule has 6 aliphatic rings. The number of nitrogens with zero attached hydrogens (tertiary/aromatic N) is 1. The number of aromatic hydroxyl groups is 1. The number of ether oxygens (including phenoxy) is 2. The largest absolute Gasteiger partial charge is 0.504 e. The molecule has 4 aliphatic carbocycles. The first kappa shape index (κ1) is 19.4. The van der Waals surface area contributed by atoms with Gasteiger partial charge in [-0.3, -0.25) is 0 Å². The number of likely N-dealkylation sites (N-methyl/N-ethyl adjacent to an activating group) is 1. The molecule has 5 nitrogen and oxygen atoms in total. The van der Waals surface area contributed by atoms with E-state index < -0.39 is 11.2 Å². The van der Waals surface area contributed by atoms with Gasteiger partial charge < -0.3 is 24.6 Å². The maximum absolute atomic E-state index is 11.7. The third kappa shape index (κ3) is 1.85. The molecule has 4 bridgehead atoms. The fourth-order valence-corrected chi connectivity index (χ4v) is 9.09. The summed E-state index contributed by atoms with van der Waals surface area (Å²) < 4.78 is 13.2. The standard InChI is InChI=1S/C25H35NO4/c1-5-8-22(2,28)17-14-23-9-10-25(17,29-4)21-24(23)11-12-26(3)18(23)13-15-6-7-16(27)20(30-21)19(15)24/h6-7,17-18,21,27-28H,5,8-14H2,1-4H3/t17-,18+,21-,22+,23?,24-,25?/m0/s1. The van der Waals surface area contributed by atoms with Gasteiger partial charge in [0.25, 0.3) is 0 Å². The van der Waals surface area contributed by atoms with Crippen LogP contribution >= 0.6 is 0 Å². The second-order valence-electron chi connectivity index (χ2n) is 11.0. The van der Waals surface area contributed by atoms with Crippen LogP contribution in [-0.2, 0) is 16.6 Å². The lowest BCUT2D eigenvalue weighted by molar-refractivity contribution is -0.301. The summed E-state index contributed by atoms with van der Waals surface area (Å²) in [4.78, 5) is 2.56. The summed E-state index contributed by atoms with van der Waals surface area (Å²) in [6.45, 7) is 5.19. The van der Waals surface area contributed by atoms with Crippen molar-refractivity contribution in [2.45, 2.75) is 87.6 Å². The normalized spacial score (nSPS) is 45.0. The maximum atomic E-state index is 11.7. The smallest absolute Gasteiger partial charge is 0.165 e. The van der Waals surface area contributed by atoms with Gasteiger partial charge in [0, 0.05) is 35.5 Å². The Balaban J connectivity index is 1.64. The van der Waals surface area contributed by atoms with Crippen molar-refractivity contribution in [3.05, 3.63) is 23.3 Å². The molecule has 164 valence electrons. The average Bonchev–Trinajstić information content (AvgIpc) is 3.09. The SMILES string of the molecule is CCC[C@@](C)(O)[C@@H]1CC23CCC1(OC)[C@H]1Oc4c(O)ccc5c4[C@@]12CCN(C)[C@@H]3C5. The van der Waals surface area contributed by atoms with E-state index >= 15 is 0 Å². The third-order valence-electron chi connectivity index (χ3n) is 10.1. The summed E-state index contributed by atoms with van der Waals surface area (Å²) in [6, 6.07) is 4.37. The Labute approximate surface area is 179 Å². The van der Waals surface area contributed by atoms with Gasteiger partial charge >= 0.3 is 0 Å². The third-order valence-corrected chi connectivity index (χ3v) is 10.1. The summed E-state index contributed by atoms with van der Waals surface area (Å²) >= 11 is 0. The van der Waals surface area contributed by atoms with Crippen molar-refractivity contribution in [2.24, 2.45) is 11.3 Å². The Kier molecular flexibility index (Phi) is 3.70. The van der Waals surface area contributed by atoms with Gasteiger partial charge in [-0.25, -0.2) is 0 Å². The summed E-state index contributed by atoms with van der Waals surface area (Å²) in [5.74, 6) is 0.977. The Morgan fingerprint density at radius 3 is 2.83 bits per heavy atom. The molecular weight excluding hydrogens is 378 g/mol. The van der Waals surface area contributed by atoms with Crippen molar-refractivity contribution in [1.29, 1.82) is 0 Å². The van der Waals surface area contributed by atoms with Crippen molar-refractivity contribution < 1.29 is 19.7 Å². The molecular formula is C25H35NO4. The minimum Gasteiger partial charge on any atom is -0.504 e. The predicted molar refractivity (Wildman–Crippen MR) is 114 cm³/mol. The molecule has 5 heteroatoms. The molecule has 2 unspecified atom stereocenters. The van der Waals surface area contributed by atoms with E-state index in [1.165, 1.54) is 11.1 Å². The second-order valence-corrected chi connectivity index (χ2v) is 11.0. The van der Waals surface area contributed by atoms with Crippen LogP contribution in [0.15, 0.2) is 12.1 Å². The van der Waals surface area contributed by atoms with Gasteiger partial charge in [0.2, 0.25) is 0 Å². The van der Waals surface area contributed by atoms with Gasteiger partial charge in [0.1, 0.15) is 11.7 Å². The van der Waals surface area contributed by atoms with Gasteiger partial charge in [-0.1, -0.05) is 19.4 Å². The highest BCUT2D eigenvalue weighted by molar-refractivity contribution is 5.63. The van der Waals surface area contributed by atoms with Crippen LogP contribution in [0.1, 0.15) is 63.5 Å². The van der Waals surface area contributed by atoms with Crippen LogP contribution in [0.4, 0.5) is 0 Å². The molecule has 7 rings (SSSR count). The highest BCUT2D eigenvalue weighted by atomic mass is 16.6. The summed E-state index contributed by atoms with van der Waals surface area (Å²) in [6.07, 6.45) is 6.57. The van der Waals surface area contributed by atoms with Gasteiger partial charge in [-0.2, -0.15) is 0 Å². The summed E-state index contributed by atoms with van der Waals surface area (Å²) in [5.41, 5.74) is 1.21. The molecule has 7 atom stereocenters. The van der Waals surface area contributed by atoms with Crippen molar-refractivity contribution in [1.82, 2.24) is 4.90 Å². The molecule has 2 spiro atoms. The molecule has 1 saturated heterocycles. The molecule has 2 heterocycles. The number of hydrogen-bond donors (Lipinski definition) is 2. The first-order chi connectivity index (χ1) is 14.3. The lowest BCUT2D eigenvalue weighted by Gasteiger charge is -2.74. The Morgan fingerprint density at radius 1 is 1.30 bits per heavy atom. The summed E-state index contributed by atoms with van der Waals surface area (Å²) in [5, 5.41) is 22.5. The molecule has 0 amide bonds. The van der Waals surface area contributed by atoms with Crippen LogP contribution in [0.3, 0.4) is 0 Å². The number of benzene rings is 1. The Hall–Kier alpha value is -1.30. The minimum absolute atomic E-state index is 0.0221. The predicted octanol–water partition coefficient (Wildman–Crippen LogP) is 3.39. The molecule has 2 N–H and O–H groups in total. The Morgan fingerprint density at radius 2 is 2.10 bits per heavy atom. The number of fused-ring (bicyclic) bond motifs is 2. The van der Waals surface area contributed by atoms with Crippen LogP contribution < -0.4 is 4.74 Å². The zero-order valence-electron chi connectivity index (χ0n) is 18.7. The van der Waals surface area contributed by atoms with Crippen molar-refractivity contribution >= 4 is 0 Å². The van der Waals surface area contributed by atoms with E-state index in [1.807, 2.05) is 20.1 Å². The molecule has 2 aliphatic heterocycles. The van der Waals surface area contributed by atoms with Crippen molar-refractivity contribution in [3.8, 4) is 11.5 Å². The maximum Gasteiger partial charge on any atom is 0.165 e. The van der Waals surface area contributed by atoms with Gasteiger partial charge in [0.15, 0.2) is 11.5 Å². The molecule has 0 radical (unpaired) electrons. The van der Waals surface area contributed by atoms with Crippen molar-refractivity contribution in [3.63, 3.8) is 0 Å². The van der Waals surface area contributed by atoms with E-state index in [2.05, 4.69) is 24.9 Å². The number of likely N-dealkylation sites (tertiary alicyclic amines) is 1. The van der Waals surface area contributed by atoms with E-state index in [9.17, 15) is 10.2 Å². The van der Waals surface area contributed by atoms with Gasteiger partial charge in [-0.05, 0) is 70.7 Å². The highest BCUT2D eigenvalue weighted by Crippen LogP contribution is 2.77. The van der Waals surface area contributed by atoms with E-state index in [-0.39, 0.29) is 28.6 Å². The molecule has 30 heavy (non-hydrogen) atoms. The molecule has 3 saturated carbocycles.